The van der Waals surface area contributed by atoms with Crippen LogP contribution in [-0.2, 0) is 4.79 Å². The van der Waals surface area contributed by atoms with Crippen molar-refractivity contribution in [2.45, 2.75) is 71.9 Å². The summed E-state index contributed by atoms with van der Waals surface area (Å²) in [6, 6.07) is 0.601. The van der Waals surface area contributed by atoms with E-state index in [9.17, 15) is 4.79 Å². The molecule has 100 valence electrons. The lowest BCUT2D eigenvalue weighted by Crippen LogP contribution is -2.48. The van der Waals surface area contributed by atoms with Crippen molar-refractivity contribution in [3.63, 3.8) is 0 Å². The van der Waals surface area contributed by atoms with E-state index in [1.54, 1.807) is 0 Å². The van der Waals surface area contributed by atoms with Gasteiger partial charge in [-0.15, -0.1) is 0 Å². The normalized spacial score (nSPS) is 26.1. The molecule has 2 atom stereocenters. The van der Waals surface area contributed by atoms with Crippen molar-refractivity contribution in [3.05, 3.63) is 0 Å². The van der Waals surface area contributed by atoms with E-state index in [2.05, 4.69) is 27.7 Å². The van der Waals surface area contributed by atoms with Crippen LogP contribution in [0.1, 0.15) is 59.8 Å². The predicted molar refractivity (Wildman–Crippen MR) is 71.7 cm³/mol. The summed E-state index contributed by atoms with van der Waals surface area (Å²) in [7, 11) is 0. The van der Waals surface area contributed by atoms with Crippen molar-refractivity contribution < 1.29 is 4.79 Å². The van der Waals surface area contributed by atoms with Gasteiger partial charge in [0.1, 0.15) is 0 Å². The molecule has 17 heavy (non-hydrogen) atoms. The van der Waals surface area contributed by atoms with Crippen LogP contribution >= 0.6 is 0 Å². The first-order valence-electron chi connectivity index (χ1n) is 6.84. The van der Waals surface area contributed by atoms with E-state index >= 15 is 0 Å². The van der Waals surface area contributed by atoms with Gasteiger partial charge in [0.15, 0.2) is 0 Å². The molecule has 0 bridgehead atoms. The summed E-state index contributed by atoms with van der Waals surface area (Å²) >= 11 is 0. The zero-order valence-corrected chi connectivity index (χ0v) is 11.8. The van der Waals surface area contributed by atoms with Crippen LogP contribution in [0.4, 0.5) is 0 Å². The summed E-state index contributed by atoms with van der Waals surface area (Å²) in [5, 5.41) is 0. The van der Waals surface area contributed by atoms with Gasteiger partial charge in [0.05, 0.1) is 0 Å². The first-order valence-corrected chi connectivity index (χ1v) is 6.84. The van der Waals surface area contributed by atoms with E-state index in [-0.39, 0.29) is 6.04 Å². The molecule has 3 nitrogen and oxygen atoms in total. The smallest absolute Gasteiger partial charge is 0.222 e. The van der Waals surface area contributed by atoms with E-state index in [0.717, 1.165) is 32.2 Å². The minimum Gasteiger partial charge on any atom is -0.340 e. The number of carbonyl (C=O) groups is 1. The summed E-state index contributed by atoms with van der Waals surface area (Å²) in [6.07, 6.45) is 4.70. The monoisotopic (exact) mass is 240 g/mol. The molecular formula is C14H28N2O. The number of hydrogen-bond acceptors (Lipinski definition) is 2. The van der Waals surface area contributed by atoms with Gasteiger partial charge in [0.25, 0.3) is 0 Å². The van der Waals surface area contributed by atoms with Crippen molar-refractivity contribution in [2.24, 2.45) is 11.1 Å². The highest BCUT2D eigenvalue weighted by atomic mass is 16.2. The molecule has 0 aromatic heterocycles. The summed E-state index contributed by atoms with van der Waals surface area (Å²) in [6.45, 7) is 9.62. The lowest BCUT2D eigenvalue weighted by molar-refractivity contribution is -0.134. The van der Waals surface area contributed by atoms with Crippen molar-refractivity contribution in [1.82, 2.24) is 4.90 Å². The minimum atomic E-state index is 0.281. The van der Waals surface area contributed by atoms with Crippen LogP contribution in [0, 0.1) is 5.41 Å². The highest BCUT2D eigenvalue weighted by Crippen LogP contribution is 2.23. The molecule has 0 radical (unpaired) electrons. The first-order chi connectivity index (χ1) is 7.79. The average Bonchev–Trinajstić information content (AvgIpc) is 2.15. The molecule has 0 aromatic carbocycles. The molecule has 0 aromatic rings. The fourth-order valence-electron chi connectivity index (χ4n) is 2.49. The topological polar surface area (TPSA) is 46.3 Å². The Labute approximate surface area is 106 Å². The van der Waals surface area contributed by atoms with Gasteiger partial charge in [-0.25, -0.2) is 0 Å². The van der Waals surface area contributed by atoms with E-state index < -0.39 is 0 Å². The molecule has 2 N–H and O–H groups in total. The maximum atomic E-state index is 12.1. The molecule has 3 heteroatoms. The molecule has 0 aliphatic carbocycles. The third-order valence-electron chi connectivity index (χ3n) is 3.55. The van der Waals surface area contributed by atoms with Gasteiger partial charge < -0.3 is 10.6 Å². The number of nitrogens with two attached hydrogens (primary N) is 1. The van der Waals surface area contributed by atoms with Crippen LogP contribution < -0.4 is 5.73 Å². The van der Waals surface area contributed by atoms with E-state index in [1.807, 2.05) is 4.90 Å². The van der Waals surface area contributed by atoms with E-state index in [0.29, 0.717) is 23.8 Å². The number of hydrogen-bond donors (Lipinski definition) is 1. The Bertz CT molecular complexity index is 257. The van der Waals surface area contributed by atoms with Crippen LogP contribution in [0.5, 0.6) is 0 Å². The molecule has 1 saturated heterocycles. The molecule has 1 aliphatic rings. The van der Waals surface area contributed by atoms with Crippen LogP contribution in [0.15, 0.2) is 0 Å². The molecule has 1 fully saturated rings. The number of carbonyl (C=O) groups excluding carboxylic acids is 1. The second-order valence-electron chi connectivity index (χ2n) is 6.63. The molecule has 0 spiro atoms. The fraction of sp³-hybridized carbons (Fsp3) is 0.929. The Hall–Kier alpha value is -0.570. The van der Waals surface area contributed by atoms with Gasteiger partial charge >= 0.3 is 0 Å². The van der Waals surface area contributed by atoms with Gasteiger partial charge in [0.2, 0.25) is 5.91 Å². The van der Waals surface area contributed by atoms with Crippen LogP contribution in [0.2, 0.25) is 0 Å². The van der Waals surface area contributed by atoms with Crippen molar-refractivity contribution in [1.29, 1.82) is 0 Å². The molecule has 1 rings (SSSR count). The lowest BCUT2D eigenvalue weighted by atomic mass is 9.89. The Morgan fingerprint density at radius 1 is 1.41 bits per heavy atom. The van der Waals surface area contributed by atoms with Crippen LogP contribution in [0.25, 0.3) is 0 Å². The molecule has 1 amide bonds. The van der Waals surface area contributed by atoms with Crippen molar-refractivity contribution >= 4 is 5.91 Å². The third kappa shape index (κ3) is 5.07. The van der Waals surface area contributed by atoms with Gasteiger partial charge in [-0.05, 0) is 38.0 Å². The second kappa shape index (κ2) is 5.85. The Morgan fingerprint density at radius 3 is 2.59 bits per heavy atom. The summed E-state index contributed by atoms with van der Waals surface area (Å²) < 4.78 is 0. The number of likely N-dealkylation sites (tertiary alicyclic amines) is 1. The Balaban J connectivity index is 2.32. The number of piperidine rings is 1. The van der Waals surface area contributed by atoms with Gasteiger partial charge in [-0.1, -0.05) is 20.8 Å². The predicted octanol–water partition coefficient (Wildman–Crippen LogP) is 2.54. The highest BCUT2D eigenvalue weighted by Gasteiger charge is 2.26. The molecular weight excluding hydrogens is 212 g/mol. The number of nitrogens with zero attached hydrogens (tertiary/aromatic N) is 1. The maximum Gasteiger partial charge on any atom is 0.222 e. The number of amides is 1. The summed E-state index contributed by atoms with van der Waals surface area (Å²) in [4.78, 5) is 14.1. The molecule has 1 heterocycles. The van der Waals surface area contributed by atoms with E-state index in [4.69, 9.17) is 5.73 Å². The Kier molecular flexibility index (Phi) is 4.99. The molecule has 0 unspecified atom stereocenters. The molecule has 0 saturated carbocycles. The first kappa shape index (κ1) is 14.5. The van der Waals surface area contributed by atoms with Gasteiger partial charge in [0, 0.05) is 25.0 Å². The largest absolute Gasteiger partial charge is 0.340 e. The standard InChI is InChI=1S/C14H28N2O/c1-11-10-12(15)7-9-16(11)13(17)6-5-8-14(2,3)4/h11-12H,5-10,15H2,1-4H3/t11-,12+/m1/s1. The van der Waals surface area contributed by atoms with Crippen LogP contribution in [-0.4, -0.2) is 29.4 Å². The quantitative estimate of drug-likeness (QED) is 0.824. The zero-order valence-electron chi connectivity index (χ0n) is 11.8. The number of rotatable bonds is 3. The van der Waals surface area contributed by atoms with Crippen molar-refractivity contribution in [3.8, 4) is 0 Å². The van der Waals surface area contributed by atoms with Gasteiger partial charge in [-0.3, -0.25) is 4.79 Å². The summed E-state index contributed by atoms with van der Waals surface area (Å²) in [5.41, 5.74) is 6.24. The highest BCUT2D eigenvalue weighted by molar-refractivity contribution is 5.76. The van der Waals surface area contributed by atoms with Crippen LogP contribution in [0.3, 0.4) is 0 Å². The maximum absolute atomic E-state index is 12.1. The van der Waals surface area contributed by atoms with Crippen molar-refractivity contribution in [2.75, 3.05) is 6.54 Å². The minimum absolute atomic E-state index is 0.281. The fourth-order valence-corrected chi connectivity index (χ4v) is 2.49. The lowest BCUT2D eigenvalue weighted by Gasteiger charge is -2.36. The summed E-state index contributed by atoms with van der Waals surface area (Å²) in [5.74, 6) is 0.314. The second-order valence-corrected chi connectivity index (χ2v) is 6.63. The SMILES string of the molecule is C[C@@H]1C[C@@H](N)CCN1C(=O)CCCC(C)(C)C. The van der Waals surface area contributed by atoms with E-state index in [1.165, 1.54) is 0 Å². The molecule has 1 aliphatic heterocycles. The third-order valence-corrected chi connectivity index (χ3v) is 3.55. The average molecular weight is 240 g/mol. The zero-order chi connectivity index (χ0) is 13.1. The Morgan fingerprint density at radius 2 is 2.06 bits per heavy atom. The van der Waals surface area contributed by atoms with Gasteiger partial charge in [-0.2, -0.15) is 0 Å².